The van der Waals surface area contributed by atoms with Gasteiger partial charge in [-0.25, -0.2) is 0 Å². The highest BCUT2D eigenvalue weighted by atomic mass is 79.9. The molecule has 1 heterocycles. The van der Waals surface area contributed by atoms with Gasteiger partial charge in [0.25, 0.3) is 0 Å². The topological polar surface area (TPSA) is 0 Å². The Bertz CT molecular complexity index is 715. The van der Waals surface area contributed by atoms with Gasteiger partial charge in [0.2, 0.25) is 0 Å². The molecule has 0 fully saturated rings. The molecule has 3 rings (SSSR count). The van der Waals surface area contributed by atoms with Crippen molar-refractivity contribution in [2.45, 2.75) is 13.3 Å². The van der Waals surface area contributed by atoms with Crippen LogP contribution in [0, 0.1) is 0 Å². The molecule has 17 heavy (non-hydrogen) atoms. The minimum atomic E-state index is 0.880. The van der Waals surface area contributed by atoms with Crippen LogP contribution >= 0.6 is 38.9 Å². The maximum Gasteiger partial charge on any atom is 0.0452 e. The molecule has 0 aliphatic rings. The lowest BCUT2D eigenvalue weighted by Gasteiger charge is -2.01. The number of benzene rings is 2. The van der Waals surface area contributed by atoms with Gasteiger partial charge in [0.05, 0.1) is 0 Å². The first kappa shape index (κ1) is 11.5. The van der Waals surface area contributed by atoms with E-state index in [1.54, 1.807) is 11.3 Å². The van der Waals surface area contributed by atoms with Gasteiger partial charge < -0.3 is 0 Å². The second-order valence-electron chi connectivity index (χ2n) is 4.04. The molecule has 0 saturated carbocycles. The highest BCUT2D eigenvalue weighted by Gasteiger charge is 2.08. The molecule has 0 spiro atoms. The molecular formula is C14H10BrClS. The van der Waals surface area contributed by atoms with E-state index in [-0.39, 0.29) is 0 Å². The standard InChI is InChI=1S/C14H10BrClS/c1-2-8-5-11-10-4-3-9(15)6-13(10)17-14(11)7-12(8)16/h3-7H,2H2,1H3. The van der Waals surface area contributed by atoms with E-state index >= 15 is 0 Å². The summed E-state index contributed by atoms with van der Waals surface area (Å²) in [5, 5.41) is 3.52. The van der Waals surface area contributed by atoms with Gasteiger partial charge in [-0.05, 0) is 36.2 Å². The smallest absolute Gasteiger partial charge is 0.0452 e. The molecule has 0 saturated heterocycles. The van der Waals surface area contributed by atoms with Crippen LogP contribution in [0.5, 0.6) is 0 Å². The lowest BCUT2D eigenvalue weighted by Crippen LogP contribution is -1.80. The van der Waals surface area contributed by atoms with E-state index in [4.69, 9.17) is 11.6 Å². The van der Waals surface area contributed by atoms with Crippen LogP contribution in [-0.4, -0.2) is 0 Å². The number of aryl methyl sites for hydroxylation is 1. The molecule has 86 valence electrons. The zero-order valence-electron chi connectivity index (χ0n) is 9.26. The molecule has 0 atom stereocenters. The van der Waals surface area contributed by atoms with Crippen molar-refractivity contribution in [3.63, 3.8) is 0 Å². The Labute approximate surface area is 117 Å². The van der Waals surface area contributed by atoms with Gasteiger partial charge in [-0.3, -0.25) is 0 Å². The lowest BCUT2D eigenvalue weighted by molar-refractivity contribution is 1.15. The average Bonchev–Trinajstić information content (AvgIpc) is 2.63. The van der Waals surface area contributed by atoms with Gasteiger partial charge in [0.15, 0.2) is 0 Å². The monoisotopic (exact) mass is 324 g/mol. The summed E-state index contributed by atoms with van der Waals surface area (Å²) in [6.45, 7) is 2.14. The number of hydrogen-bond acceptors (Lipinski definition) is 1. The normalized spacial score (nSPS) is 11.5. The predicted molar refractivity (Wildman–Crippen MR) is 81.4 cm³/mol. The van der Waals surface area contributed by atoms with Gasteiger partial charge in [-0.2, -0.15) is 0 Å². The van der Waals surface area contributed by atoms with Gasteiger partial charge in [0.1, 0.15) is 0 Å². The summed E-state index contributed by atoms with van der Waals surface area (Å²) in [4.78, 5) is 0. The van der Waals surface area contributed by atoms with Crippen LogP contribution < -0.4 is 0 Å². The van der Waals surface area contributed by atoms with Crippen LogP contribution in [0.15, 0.2) is 34.8 Å². The quantitative estimate of drug-likeness (QED) is 0.512. The Morgan fingerprint density at radius 2 is 1.88 bits per heavy atom. The summed E-state index contributed by atoms with van der Waals surface area (Å²) in [7, 11) is 0. The molecule has 0 nitrogen and oxygen atoms in total. The number of hydrogen-bond donors (Lipinski definition) is 0. The zero-order chi connectivity index (χ0) is 12.0. The third kappa shape index (κ3) is 1.88. The van der Waals surface area contributed by atoms with Crippen LogP contribution in [0.2, 0.25) is 5.02 Å². The fraction of sp³-hybridized carbons (Fsp3) is 0.143. The Morgan fingerprint density at radius 3 is 2.65 bits per heavy atom. The van der Waals surface area contributed by atoms with Crippen molar-refractivity contribution in [1.82, 2.24) is 0 Å². The summed E-state index contributed by atoms with van der Waals surface area (Å²) in [5.41, 5.74) is 1.22. The van der Waals surface area contributed by atoms with Gasteiger partial charge >= 0.3 is 0 Å². The maximum atomic E-state index is 6.26. The number of halogens is 2. The fourth-order valence-corrected chi connectivity index (χ4v) is 4.13. The van der Waals surface area contributed by atoms with Crippen molar-refractivity contribution in [2.75, 3.05) is 0 Å². The Balaban J connectivity index is 2.44. The van der Waals surface area contributed by atoms with E-state index in [0.29, 0.717) is 0 Å². The summed E-state index contributed by atoms with van der Waals surface area (Å²) in [5.74, 6) is 0. The van der Waals surface area contributed by atoms with Crippen LogP contribution in [0.4, 0.5) is 0 Å². The highest BCUT2D eigenvalue weighted by Crippen LogP contribution is 2.38. The Hall–Kier alpha value is -0.570. The first-order valence-corrected chi connectivity index (χ1v) is 7.48. The Kier molecular flexibility index (Phi) is 2.89. The molecule has 2 aromatic carbocycles. The minimum absolute atomic E-state index is 0.880. The molecule has 0 unspecified atom stereocenters. The van der Waals surface area contributed by atoms with Gasteiger partial charge in [-0.15, -0.1) is 11.3 Å². The predicted octanol–water partition coefficient (Wildman–Crippen LogP) is 6.03. The van der Waals surface area contributed by atoms with Crippen LogP contribution in [0.1, 0.15) is 12.5 Å². The lowest BCUT2D eigenvalue weighted by atomic mass is 10.1. The van der Waals surface area contributed by atoms with E-state index in [9.17, 15) is 0 Å². The minimum Gasteiger partial charge on any atom is -0.135 e. The van der Waals surface area contributed by atoms with E-state index in [1.165, 1.54) is 25.7 Å². The van der Waals surface area contributed by atoms with E-state index in [2.05, 4.69) is 53.2 Å². The number of fused-ring (bicyclic) bond motifs is 3. The van der Waals surface area contributed by atoms with Gasteiger partial charge in [0, 0.05) is 29.7 Å². The zero-order valence-corrected chi connectivity index (χ0v) is 12.4. The van der Waals surface area contributed by atoms with Crippen molar-refractivity contribution in [1.29, 1.82) is 0 Å². The number of rotatable bonds is 1. The second-order valence-corrected chi connectivity index (χ2v) is 6.44. The van der Waals surface area contributed by atoms with Crippen molar-refractivity contribution in [2.24, 2.45) is 0 Å². The van der Waals surface area contributed by atoms with Crippen molar-refractivity contribution in [3.05, 3.63) is 45.4 Å². The van der Waals surface area contributed by atoms with E-state index in [0.717, 1.165) is 15.9 Å². The van der Waals surface area contributed by atoms with E-state index < -0.39 is 0 Å². The van der Waals surface area contributed by atoms with Crippen molar-refractivity contribution in [3.8, 4) is 0 Å². The first-order valence-electron chi connectivity index (χ1n) is 5.49. The van der Waals surface area contributed by atoms with Crippen molar-refractivity contribution < 1.29 is 0 Å². The summed E-state index contributed by atoms with van der Waals surface area (Å²) < 4.78 is 3.69. The third-order valence-electron chi connectivity index (χ3n) is 2.98. The SMILES string of the molecule is CCc1cc2c(cc1Cl)sc1cc(Br)ccc12. The number of thiophene rings is 1. The second kappa shape index (κ2) is 4.27. The molecule has 0 aliphatic carbocycles. The largest absolute Gasteiger partial charge is 0.135 e. The van der Waals surface area contributed by atoms with E-state index in [1.807, 2.05) is 0 Å². The Morgan fingerprint density at radius 1 is 1.12 bits per heavy atom. The third-order valence-corrected chi connectivity index (χ3v) is 4.94. The van der Waals surface area contributed by atoms with Gasteiger partial charge in [-0.1, -0.05) is 40.5 Å². The summed E-state index contributed by atoms with van der Waals surface area (Å²) in [6.07, 6.45) is 0.975. The molecule has 0 amide bonds. The fourth-order valence-electron chi connectivity index (χ4n) is 2.09. The molecule has 3 aromatic rings. The summed E-state index contributed by atoms with van der Waals surface area (Å²) >= 11 is 11.6. The molecule has 0 N–H and O–H groups in total. The highest BCUT2D eigenvalue weighted by molar-refractivity contribution is 9.10. The first-order chi connectivity index (χ1) is 8.19. The molecule has 3 heteroatoms. The summed E-state index contributed by atoms with van der Waals surface area (Å²) in [6, 6.07) is 10.7. The average molecular weight is 326 g/mol. The molecule has 1 aromatic heterocycles. The molecule has 0 bridgehead atoms. The molecule has 0 aliphatic heterocycles. The van der Waals surface area contributed by atoms with Crippen LogP contribution in [0.3, 0.4) is 0 Å². The molecular weight excluding hydrogens is 316 g/mol. The van der Waals surface area contributed by atoms with Crippen molar-refractivity contribution >= 4 is 59.0 Å². The van der Waals surface area contributed by atoms with Crippen LogP contribution in [0.25, 0.3) is 20.2 Å². The van der Waals surface area contributed by atoms with Crippen LogP contribution in [-0.2, 0) is 6.42 Å². The maximum absolute atomic E-state index is 6.26. The molecule has 0 radical (unpaired) electrons.